The first-order valence-electron chi connectivity index (χ1n) is 10.4. The molecule has 31 heavy (non-hydrogen) atoms. The van der Waals surface area contributed by atoms with Gasteiger partial charge in [0, 0.05) is 25.8 Å². The van der Waals surface area contributed by atoms with Crippen LogP contribution in [-0.2, 0) is 21.1 Å². The number of benzene rings is 2. The first-order valence-corrected chi connectivity index (χ1v) is 12.2. The Balaban J connectivity index is 1.39. The topological polar surface area (TPSA) is 84.3 Å². The van der Waals surface area contributed by atoms with Gasteiger partial charge in [0.15, 0.2) is 9.84 Å². The number of sulfone groups is 1. The highest BCUT2D eigenvalue weighted by molar-refractivity contribution is 7.91. The van der Waals surface area contributed by atoms with Crippen molar-refractivity contribution in [2.24, 2.45) is 0 Å². The van der Waals surface area contributed by atoms with Crippen LogP contribution in [0.3, 0.4) is 0 Å². The van der Waals surface area contributed by atoms with Crippen LogP contribution in [0.1, 0.15) is 17.2 Å². The zero-order chi connectivity index (χ0) is 21.7. The Bertz CT molecular complexity index is 1100. The van der Waals surface area contributed by atoms with E-state index in [0.29, 0.717) is 26.1 Å². The summed E-state index contributed by atoms with van der Waals surface area (Å²) in [6.45, 7) is 1.20. The second kappa shape index (κ2) is 9.45. The minimum Gasteiger partial charge on any atom is -0.354 e. The first kappa shape index (κ1) is 21.3. The highest BCUT2D eigenvalue weighted by atomic mass is 32.2. The van der Waals surface area contributed by atoms with E-state index in [4.69, 9.17) is 0 Å². The summed E-state index contributed by atoms with van der Waals surface area (Å²) in [4.78, 5) is 15.1. The van der Waals surface area contributed by atoms with E-state index in [1.807, 2.05) is 82.6 Å². The molecule has 0 spiro atoms. The van der Waals surface area contributed by atoms with Crippen LogP contribution in [0.25, 0.3) is 5.69 Å². The number of rotatable bonds is 7. The first-order chi connectivity index (χ1) is 15.0. The van der Waals surface area contributed by atoms with Crippen molar-refractivity contribution in [3.8, 4) is 5.69 Å². The maximum absolute atomic E-state index is 13.1. The fraction of sp³-hybridized carbons (Fsp3) is 0.304. The minimum atomic E-state index is -3.01. The number of nitrogens with one attached hydrogen (secondary N) is 1. The zero-order valence-corrected chi connectivity index (χ0v) is 18.0. The van der Waals surface area contributed by atoms with E-state index in [2.05, 4.69) is 10.4 Å². The molecular weight excluding hydrogens is 412 g/mol. The van der Waals surface area contributed by atoms with Gasteiger partial charge in [0.1, 0.15) is 6.04 Å². The molecule has 2 aromatic carbocycles. The number of amides is 1. The van der Waals surface area contributed by atoms with Crippen molar-refractivity contribution < 1.29 is 13.2 Å². The van der Waals surface area contributed by atoms with E-state index in [-0.39, 0.29) is 17.4 Å². The molecule has 0 radical (unpaired) electrons. The van der Waals surface area contributed by atoms with Gasteiger partial charge in [0.2, 0.25) is 5.91 Å². The molecule has 1 aromatic heterocycles. The van der Waals surface area contributed by atoms with E-state index in [1.54, 1.807) is 0 Å². The third-order valence-corrected chi connectivity index (χ3v) is 7.09. The van der Waals surface area contributed by atoms with E-state index in [0.717, 1.165) is 16.8 Å². The molecule has 1 aliphatic rings. The average molecular weight is 439 g/mol. The summed E-state index contributed by atoms with van der Waals surface area (Å²) in [5.41, 5.74) is 2.89. The summed E-state index contributed by atoms with van der Waals surface area (Å²) in [5, 5.41) is 7.42. The van der Waals surface area contributed by atoms with Crippen LogP contribution in [0.2, 0.25) is 0 Å². The largest absolute Gasteiger partial charge is 0.354 e. The Labute approximate surface area is 182 Å². The van der Waals surface area contributed by atoms with Gasteiger partial charge in [-0.25, -0.2) is 13.1 Å². The smallest absolute Gasteiger partial charge is 0.241 e. The lowest BCUT2D eigenvalue weighted by Crippen LogP contribution is -2.47. The summed E-state index contributed by atoms with van der Waals surface area (Å²) in [7, 11) is -3.01. The second-order valence-corrected chi connectivity index (χ2v) is 9.97. The molecule has 162 valence electrons. The number of hydrogen-bond donors (Lipinski definition) is 1. The lowest BCUT2D eigenvalue weighted by molar-refractivity contribution is -0.126. The van der Waals surface area contributed by atoms with Gasteiger partial charge in [-0.1, -0.05) is 48.5 Å². The van der Waals surface area contributed by atoms with Crippen LogP contribution >= 0.6 is 0 Å². The monoisotopic (exact) mass is 438 g/mol. The summed E-state index contributed by atoms with van der Waals surface area (Å²) in [5.74, 6) is 0.0610. The molecule has 3 aromatic rings. The molecule has 1 saturated heterocycles. The molecule has 0 bridgehead atoms. The number of carbonyl (C=O) groups is 1. The van der Waals surface area contributed by atoms with Gasteiger partial charge in [-0.3, -0.25) is 9.69 Å². The van der Waals surface area contributed by atoms with Gasteiger partial charge in [-0.2, -0.15) is 5.10 Å². The molecule has 1 unspecified atom stereocenters. The van der Waals surface area contributed by atoms with Gasteiger partial charge < -0.3 is 5.32 Å². The van der Waals surface area contributed by atoms with Crippen molar-refractivity contribution in [1.82, 2.24) is 20.0 Å². The van der Waals surface area contributed by atoms with Gasteiger partial charge in [-0.05, 0) is 29.7 Å². The Morgan fingerprint density at radius 1 is 1.00 bits per heavy atom. The van der Waals surface area contributed by atoms with Crippen LogP contribution in [0.5, 0.6) is 0 Å². The third-order valence-electron chi connectivity index (χ3n) is 5.48. The van der Waals surface area contributed by atoms with E-state index in [1.165, 1.54) is 0 Å². The molecule has 1 fully saturated rings. The lowest BCUT2D eigenvalue weighted by Gasteiger charge is -2.33. The van der Waals surface area contributed by atoms with Crippen molar-refractivity contribution in [2.45, 2.75) is 12.5 Å². The van der Waals surface area contributed by atoms with Gasteiger partial charge in [0.25, 0.3) is 0 Å². The average Bonchev–Trinajstić information content (AvgIpc) is 3.25. The quantitative estimate of drug-likeness (QED) is 0.610. The number of carbonyl (C=O) groups excluding carboxylic acids is 1. The third kappa shape index (κ3) is 5.39. The normalized spacial score (nSPS) is 17.2. The maximum Gasteiger partial charge on any atom is 0.241 e. The number of hydrogen-bond acceptors (Lipinski definition) is 5. The van der Waals surface area contributed by atoms with Crippen LogP contribution < -0.4 is 5.32 Å². The highest BCUT2D eigenvalue weighted by Gasteiger charge is 2.32. The molecule has 7 nitrogen and oxygen atoms in total. The Morgan fingerprint density at radius 3 is 2.32 bits per heavy atom. The van der Waals surface area contributed by atoms with E-state index >= 15 is 0 Å². The van der Waals surface area contributed by atoms with Crippen LogP contribution in [0.15, 0.2) is 73.1 Å². The van der Waals surface area contributed by atoms with Crippen molar-refractivity contribution in [3.05, 3.63) is 84.2 Å². The molecule has 1 aliphatic heterocycles. The Hall–Kier alpha value is -2.97. The number of aromatic nitrogens is 2. The number of nitrogens with zero attached hydrogens (tertiary/aromatic N) is 3. The molecule has 8 heteroatoms. The van der Waals surface area contributed by atoms with Gasteiger partial charge >= 0.3 is 0 Å². The lowest BCUT2D eigenvalue weighted by atomic mass is 10.0. The molecule has 1 N–H and O–H groups in total. The SMILES string of the molecule is O=C(NCCc1cnn(-c2ccccc2)c1)C(c1ccccc1)N1CCS(=O)(=O)CC1. The number of para-hydroxylation sites is 1. The maximum atomic E-state index is 13.1. The summed E-state index contributed by atoms with van der Waals surface area (Å²) >= 11 is 0. The zero-order valence-electron chi connectivity index (χ0n) is 17.2. The van der Waals surface area contributed by atoms with Crippen LogP contribution in [0, 0.1) is 0 Å². The molecule has 1 amide bonds. The second-order valence-electron chi connectivity index (χ2n) is 7.67. The standard InChI is InChI=1S/C23H26N4O3S/c28-23(24-12-11-19-17-25-27(18-19)21-9-5-2-6-10-21)22(20-7-3-1-4-8-20)26-13-15-31(29,30)16-14-26/h1-10,17-18,22H,11-16H2,(H,24,28). The molecule has 0 saturated carbocycles. The van der Waals surface area contributed by atoms with Crippen LogP contribution in [0.4, 0.5) is 0 Å². The molecule has 4 rings (SSSR count). The fourth-order valence-electron chi connectivity index (χ4n) is 3.79. The van der Waals surface area contributed by atoms with E-state index in [9.17, 15) is 13.2 Å². The van der Waals surface area contributed by atoms with Crippen molar-refractivity contribution >= 4 is 15.7 Å². The summed E-state index contributed by atoms with van der Waals surface area (Å²) < 4.78 is 25.5. The molecule has 1 atom stereocenters. The Kier molecular flexibility index (Phi) is 6.48. The van der Waals surface area contributed by atoms with Crippen molar-refractivity contribution in [1.29, 1.82) is 0 Å². The van der Waals surface area contributed by atoms with Gasteiger partial charge in [0.05, 0.1) is 23.4 Å². The van der Waals surface area contributed by atoms with Crippen LogP contribution in [-0.4, -0.2) is 60.1 Å². The minimum absolute atomic E-state index is 0.0856. The molecular formula is C23H26N4O3S. The summed E-state index contributed by atoms with van der Waals surface area (Å²) in [6.07, 6.45) is 4.43. The predicted octanol–water partition coefficient (Wildman–Crippen LogP) is 2.00. The molecule has 2 heterocycles. The predicted molar refractivity (Wildman–Crippen MR) is 120 cm³/mol. The van der Waals surface area contributed by atoms with Crippen molar-refractivity contribution in [2.75, 3.05) is 31.1 Å². The van der Waals surface area contributed by atoms with Gasteiger partial charge in [-0.15, -0.1) is 0 Å². The molecule has 0 aliphatic carbocycles. The Morgan fingerprint density at radius 2 is 1.65 bits per heavy atom. The highest BCUT2D eigenvalue weighted by Crippen LogP contribution is 2.23. The van der Waals surface area contributed by atoms with Crippen molar-refractivity contribution in [3.63, 3.8) is 0 Å². The fourth-order valence-corrected chi connectivity index (χ4v) is 5.02. The summed E-state index contributed by atoms with van der Waals surface area (Å²) in [6, 6.07) is 18.9. The van der Waals surface area contributed by atoms with E-state index < -0.39 is 15.9 Å².